The van der Waals surface area contributed by atoms with E-state index in [0.717, 1.165) is 48.4 Å². The molecule has 7 nitrogen and oxygen atoms in total. The number of amides is 2. The van der Waals surface area contributed by atoms with Crippen LogP contribution in [0.15, 0.2) is 18.2 Å². The maximum atomic E-state index is 12.1. The Balaban J connectivity index is 1.45. The number of aromatic amines is 1. The number of aromatic nitrogens is 2. The van der Waals surface area contributed by atoms with Gasteiger partial charge in [-0.05, 0) is 44.0 Å². The highest BCUT2D eigenvalue weighted by Crippen LogP contribution is 2.15. The predicted molar refractivity (Wildman–Crippen MR) is 95.9 cm³/mol. The molecule has 1 aliphatic rings. The van der Waals surface area contributed by atoms with Gasteiger partial charge in [-0.3, -0.25) is 9.59 Å². The van der Waals surface area contributed by atoms with Gasteiger partial charge >= 0.3 is 0 Å². The lowest BCUT2D eigenvalue weighted by Gasteiger charge is -2.31. The van der Waals surface area contributed by atoms with Crippen molar-refractivity contribution >= 4 is 22.8 Å². The molecule has 3 rings (SSSR count). The number of likely N-dealkylation sites (tertiary alicyclic amines) is 1. The van der Waals surface area contributed by atoms with E-state index in [1.54, 1.807) is 0 Å². The lowest BCUT2D eigenvalue weighted by molar-refractivity contribution is -0.124. The number of carbonyl (C=O) groups excluding carboxylic acids is 2. The van der Waals surface area contributed by atoms with Crippen LogP contribution in [0.25, 0.3) is 11.0 Å². The predicted octanol–water partition coefficient (Wildman–Crippen LogP) is 0.727. The molecule has 1 unspecified atom stereocenters. The van der Waals surface area contributed by atoms with Crippen LogP contribution in [0.2, 0.25) is 0 Å². The van der Waals surface area contributed by atoms with Crippen LogP contribution in [0.1, 0.15) is 24.2 Å². The Morgan fingerprint density at radius 1 is 1.44 bits per heavy atom. The SMILES string of the molecule is Cc1nc2ccc(CC(=O)NCCN3CCCC(C(N)=O)C3)cc2[nH]1. The lowest BCUT2D eigenvalue weighted by Crippen LogP contribution is -2.44. The fraction of sp³-hybridized carbons (Fsp3) is 0.500. The first-order valence-electron chi connectivity index (χ1n) is 8.75. The summed E-state index contributed by atoms with van der Waals surface area (Å²) in [4.78, 5) is 33.2. The number of aryl methyl sites for hydroxylation is 1. The van der Waals surface area contributed by atoms with Gasteiger partial charge in [-0.2, -0.15) is 0 Å². The van der Waals surface area contributed by atoms with Crippen LogP contribution in [0, 0.1) is 12.8 Å². The Hall–Kier alpha value is -2.41. The Bertz CT molecular complexity index is 770. The van der Waals surface area contributed by atoms with Crippen molar-refractivity contribution in [2.45, 2.75) is 26.2 Å². The van der Waals surface area contributed by atoms with Crippen molar-refractivity contribution in [3.63, 3.8) is 0 Å². The third-order valence-corrected chi connectivity index (χ3v) is 4.69. The maximum Gasteiger partial charge on any atom is 0.224 e. The number of benzene rings is 1. The minimum absolute atomic E-state index is 0.000882. The zero-order chi connectivity index (χ0) is 17.8. The van der Waals surface area contributed by atoms with Gasteiger partial charge in [-0.1, -0.05) is 6.07 Å². The first-order chi connectivity index (χ1) is 12.0. The van der Waals surface area contributed by atoms with Crippen LogP contribution in [-0.4, -0.2) is 52.9 Å². The zero-order valence-electron chi connectivity index (χ0n) is 14.5. The minimum atomic E-state index is -0.224. The molecule has 2 heterocycles. The van der Waals surface area contributed by atoms with Crippen molar-refractivity contribution in [1.82, 2.24) is 20.2 Å². The minimum Gasteiger partial charge on any atom is -0.369 e. The van der Waals surface area contributed by atoms with E-state index in [4.69, 9.17) is 5.73 Å². The van der Waals surface area contributed by atoms with Gasteiger partial charge < -0.3 is 20.9 Å². The van der Waals surface area contributed by atoms with E-state index in [0.29, 0.717) is 19.5 Å². The topological polar surface area (TPSA) is 104 Å². The summed E-state index contributed by atoms with van der Waals surface area (Å²) in [5.74, 6) is 0.582. The van der Waals surface area contributed by atoms with Gasteiger partial charge in [0, 0.05) is 19.6 Å². The average Bonchev–Trinajstić information content (AvgIpc) is 2.94. The fourth-order valence-electron chi connectivity index (χ4n) is 3.39. The van der Waals surface area contributed by atoms with E-state index in [2.05, 4.69) is 20.2 Å². The summed E-state index contributed by atoms with van der Waals surface area (Å²) in [6, 6.07) is 5.83. The van der Waals surface area contributed by atoms with Gasteiger partial charge in [0.05, 0.1) is 23.4 Å². The molecule has 0 spiro atoms. The molecule has 1 aromatic heterocycles. The first kappa shape index (κ1) is 17.4. The van der Waals surface area contributed by atoms with E-state index in [1.807, 2.05) is 25.1 Å². The quantitative estimate of drug-likeness (QED) is 0.719. The second kappa shape index (κ2) is 7.65. The third kappa shape index (κ3) is 4.57. The Labute approximate surface area is 147 Å². The number of imidazole rings is 1. The molecule has 7 heteroatoms. The highest BCUT2D eigenvalue weighted by Gasteiger charge is 2.23. The molecule has 1 aliphatic heterocycles. The number of H-pyrrole nitrogens is 1. The highest BCUT2D eigenvalue weighted by atomic mass is 16.2. The Morgan fingerprint density at radius 3 is 3.08 bits per heavy atom. The Morgan fingerprint density at radius 2 is 2.28 bits per heavy atom. The molecular formula is C18H25N5O2. The standard InChI is InChI=1S/C18H25N5O2/c1-12-21-15-5-4-13(9-16(15)22-12)10-17(24)20-6-8-23-7-2-3-14(11-23)18(19)25/h4-5,9,14H,2-3,6-8,10-11H2,1H3,(H2,19,25)(H,20,24)(H,21,22). The van der Waals surface area contributed by atoms with Gasteiger partial charge in [0.15, 0.2) is 0 Å². The molecule has 2 amide bonds. The molecule has 4 N–H and O–H groups in total. The van der Waals surface area contributed by atoms with Gasteiger partial charge in [0.2, 0.25) is 11.8 Å². The molecule has 25 heavy (non-hydrogen) atoms. The number of fused-ring (bicyclic) bond motifs is 1. The number of piperidine rings is 1. The van der Waals surface area contributed by atoms with Crippen molar-refractivity contribution in [3.8, 4) is 0 Å². The summed E-state index contributed by atoms with van der Waals surface area (Å²) < 4.78 is 0. The summed E-state index contributed by atoms with van der Waals surface area (Å²) in [7, 11) is 0. The van der Waals surface area contributed by atoms with E-state index in [1.165, 1.54) is 0 Å². The van der Waals surface area contributed by atoms with E-state index >= 15 is 0 Å². The van der Waals surface area contributed by atoms with Gasteiger partial charge in [0.1, 0.15) is 5.82 Å². The molecule has 2 aromatic rings. The van der Waals surface area contributed by atoms with Crippen LogP contribution in [-0.2, 0) is 16.0 Å². The molecule has 0 saturated carbocycles. The van der Waals surface area contributed by atoms with Crippen molar-refractivity contribution in [2.75, 3.05) is 26.2 Å². The van der Waals surface area contributed by atoms with Crippen LogP contribution < -0.4 is 11.1 Å². The molecule has 0 radical (unpaired) electrons. The third-order valence-electron chi connectivity index (χ3n) is 4.69. The van der Waals surface area contributed by atoms with Crippen molar-refractivity contribution < 1.29 is 9.59 Å². The monoisotopic (exact) mass is 343 g/mol. The summed E-state index contributed by atoms with van der Waals surface area (Å²) in [6.45, 7) is 4.89. The van der Waals surface area contributed by atoms with Crippen LogP contribution in [0.4, 0.5) is 0 Å². The van der Waals surface area contributed by atoms with Gasteiger partial charge in [-0.25, -0.2) is 4.98 Å². The van der Waals surface area contributed by atoms with Crippen molar-refractivity contribution in [2.24, 2.45) is 11.7 Å². The molecule has 1 atom stereocenters. The summed E-state index contributed by atoms with van der Waals surface area (Å²) in [5, 5.41) is 2.95. The second-order valence-electron chi connectivity index (χ2n) is 6.74. The van der Waals surface area contributed by atoms with E-state index in [9.17, 15) is 9.59 Å². The molecule has 1 fully saturated rings. The molecule has 1 aromatic carbocycles. The van der Waals surface area contributed by atoms with Crippen molar-refractivity contribution in [3.05, 3.63) is 29.6 Å². The normalized spacial score (nSPS) is 18.4. The highest BCUT2D eigenvalue weighted by molar-refractivity contribution is 5.81. The molecule has 1 saturated heterocycles. The number of primary amides is 1. The first-order valence-corrected chi connectivity index (χ1v) is 8.75. The van der Waals surface area contributed by atoms with Crippen LogP contribution in [0.3, 0.4) is 0 Å². The molecule has 0 aliphatic carbocycles. The summed E-state index contributed by atoms with van der Waals surface area (Å²) >= 11 is 0. The van der Waals surface area contributed by atoms with Gasteiger partial charge in [0.25, 0.3) is 0 Å². The number of hydrogen-bond acceptors (Lipinski definition) is 4. The molecule has 0 bridgehead atoms. The maximum absolute atomic E-state index is 12.1. The van der Waals surface area contributed by atoms with Crippen LogP contribution in [0.5, 0.6) is 0 Å². The number of carbonyl (C=O) groups is 2. The van der Waals surface area contributed by atoms with Crippen LogP contribution >= 0.6 is 0 Å². The molecule has 134 valence electrons. The number of rotatable bonds is 6. The Kier molecular flexibility index (Phi) is 5.33. The van der Waals surface area contributed by atoms with E-state index in [-0.39, 0.29) is 17.7 Å². The van der Waals surface area contributed by atoms with E-state index < -0.39 is 0 Å². The summed E-state index contributed by atoms with van der Waals surface area (Å²) in [5.41, 5.74) is 8.21. The zero-order valence-corrected chi connectivity index (χ0v) is 14.5. The number of nitrogens with one attached hydrogen (secondary N) is 2. The summed E-state index contributed by atoms with van der Waals surface area (Å²) in [6.07, 6.45) is 2.19. The number of hydrogen-bond donors (Lipinski definition) is 3. The van der Waals surface area contributed by atoms with Crippen molar-refractivity contribution in [1.29, 1.82) is 0 Å². The molecular weight excluding hydrogens is 318 g/mol. The fourth-order valence-corrected chi connectivity index (χ4v) is 3.39. The van der Waals surface area contributed by atoms with Gasteiger partial charge in [-0.15, -0.1) is 0 Å². The second-order valence-corrected chi connectivity index (χ2v) is 6.74. The lowest BCUT2D eigenvalue weighted by atomic mass is 9.97. The largest absolute Gasteiger partial charge is 0.369 e. The smallest absolute Gasteiger partial charge is 0.224 e. The average molecular weight is 343 g/mol. The number of nitrogens with two attached hydrogens (primary N) is 1. The number of nitrogens with zero attached hydrogens (tertiary/aromatic N) is 2.